The van der Waals surface area contributed by atoms with Gasteiger partial charge in [-0.3, -0.25) is 9.69 Å². The molecule has 4 aromatic rings. The van der Waals surface area contributed by atoms with Gasteiger partial charge in [0.1, 0.15) is 6.17 Å². The highest BCUT2D eigenvalue weighted by Gasteiger charge is 2.33. The molecule has 0 saturated heterocycles. The Morgan fingerprint density at radius 2 is 1.41 bits per heavy atom. The van der Waals surface area contributed by atoms with E-state index in [1.165, 1.54) is 5.39 Å². The lowest BCUT2D eigenvalue weighted by Gasteiger charge is -2.38. The molecule has 0 saturated carbocycles. The number of anilines is 2. The summed E-state index contributed by atoms with van der Waals surface area (Å²) in [6.45, 7) is 0. The van der Waals surface area contributed by atoms with E-state index in [1.807, 2.05) is 71.6 Å². The summed E-state index contributed by atoms with van der Waals surface area (Å²) in [7, 11) is 0. The zero-order valence-electron chi connectivity index (χ0n) is 14.7. The molecule has 1 aliphatic rings. The molecule has 1 atom stereocenters. The van der Waals surface area contributed by atoms with Crippen LogP contribution in [0.2, 0.25) is 0 Å². The maximum Gasteiger partial charge on any atom is 0.262 e. The normalized spacial score (nSPS) is 16.1. The number of para-hydroxylation sites is 2. The van der Waals surface area contributed by atoms with Crippen LogP contribution in [0.25, 0.3) is 10.8 Å². The summed E-state index contributed by atoms with van der Waals surface area (Å²) in [5.74, 6) is 0.00806. The Labute approximate surface area is 157 Å². The third-order valence-corrected chi connectivity index (χ3v) is 5.05. The number of nitrogens with zero attached hydrogens (tertiary/aromatic N) is 1. The number of amides is 1. The highest BCUT2D eigenvalue weighted by molar-refractivity contribution is 6.12. The Bertz CT molecular complexity index is 1140. The first-order chi connectivity index (χ1) is 13.3. The van der Waals surface area contributed by atoms with Crippen LogP contribution in [0.4, 0.5) is 11.4 Å². The third-order valence-electron chi connectivity index (χ3n) is 5.05. The third kappa shape index (κ3) is 2.64. The topological polar surface area (TPSA) is 32.3 Å². The second-order valence-electron chi connectivity index (χ2n) is 6.71. The summed E-state index contributed by atoms with van der Waals surface area (Å²) in [4.78, 5) is 15.2. The Kier molecular flexibility index (Phi) is 3.65. The van der Waals surface area contributed by atoms with E-state index in [0.29, 0.717) is 5.56 Å². The first kappa shape index (κ1) is 15.6. The van der Waals surface area contributed by atoms with Crippen LogP contribution in [0, 0.1) is 0 Å². The van der Waals surface area contributed by atoms with Gasteiger partial charge in [0.05, 0.1) is 5.56 Å². The van der Waals surface area contributed by atoms with Crippen molar-refractivity contribution in [3.8, 4) is 0 Å². The molecule has 0 aliphatic carbocycles. The number of hydrogen-bond donors (Lipinski definition) is 1. The van der Waals surface area contributed by atoms with Gasteiger partial charge in [-0.1, -0.05) is 66.7 Å². The van der Waals surface area contributed by atoms with Gasteiger partial charge >= 0.3 is 0 Å². The highest BCUT2D eigenvalue weighted by atomic mass is 16.2. The molecule has 1 amide bonds. The minimum Gasteiger partial charge on any atom is -0.360 e. The van der Waals surface area contributed by atoms with E-state index in [2.05, 4.69) is 35.6 Å². The lowest BCUT2D eigenvalue weighted by atomic mass is 10.00. The van der Waals surface area contributed by atoms with Gasteiger partial charge in [0.2, 0.25) is 0 Å². The van der Waals surface area contributed by atoms with E-state index in [9.17, 15) is 4.79 Å². The van der Waals surface area contributed by atoms with Crippen molar-refractivity contribution in [3.63, 3.8) is 0 Å². The lowest BCUT2D eigenvalue weighted by Crippen LogP contribution is -2.43. The van der Waals surface area contributed by atoms with E-state index in [1.54, 1.807) is 0 Å². The van der Waals surface area contributed by atoms with Gasteiger partial charge < -0.3 is 5.32 Å². The molecule has 0 aromatic heterocycles. The van der Waals surface area contributed by atoms with Crippen molar-refractivity contribution in [2.24, 2.45) is 0 Å². The minimum atomic E-state index is -0.264. The van der Waals surface area contributed by atoms with Crippen LogP contribution in [-0.4, -0.2) is 5.91 Å². The predicted molar refractivity (Wildman–Crippen MR) is 110 cm³/mol. The van der Waals surface area contributed by atoms with Gasteiger partial charge in [-0.15, -0.1) is 0 Å². The van der Waals surface area contributed by atoms with Gasteiger partial charge in [-0.2, -0.15) is 0 Å². The smallest absolute Gasteiger partial charge is 0.262 e. The fourth-order valence-corrected chi connectivity index (χ4v) is 3.72. The van der Waals surface area contributed by atoms with Crippen LogP contribution < -0.4 is 10.2 Å². The van der Waals surface area contributed by atoms with Crippen molar-refractivity contribution in [2.45, 2.75) is 6.17 Å². The maximum absolute atomic E-state index is 13.4. The van der Waals surface area contributed by atoms with Gasteiger partial charge in [0.15, 0.2) is 0 Å². The van der Waals surface area contributed by atoms with E-state index in [0.717, 1.165) is 22.3 Å². The highest BCUT2D eigenvalue weighted by Crippen LogP contribution is 2.37. The number of fused-ring (bicyclic) bond motifs is 2. The second kappa shape index (κ2) is 6.29. The molecular formula is C24H18N2O. The van der Waals surface area contributed by atoms with E-state index in [4.69, 9.17) is 0 Å². The zero-order valence-corrected chi connectivity index (χ0v) is 14.7. The Hall–Kier alpha value is -3.59. The van der Waals surface area contributed by atoms with Crippen molar-refractivity contribution in [3.05, 3.63) is 108 Å². The first-order valence-electron chi connectivity index (χ1n) is 9.04. The summed E-state index contributed by atoms with van der Waals surface area (Å²) in [5, 5.41) is 5.91. The maximum atomic E-state index is 13.4. The Morgan fingerprint density at radius 3 is 2.26 bits per heavy atom. The molecule has 5 rings (SSSR count). The minimum absolute atomic E-state index is 0.00806. The van der Waals surface area contributed by atoms with Gasteiger partial charge in [-0.25, -0.2) is 0 Å². The largest absolute Gasteiger partial charge is 0.360 e. The number of carbonyl (C=O) groups excluding carboxylic acids is 1. The zero-order chi connectivity index (χ0) is 18.2. The molecule has 27 heavy (non-hydrogen) atoms. The summed E-state index contributed by atoms with van der Waals surface area (Å²) in [6, 6.07) is 32.2. The summed E-state index contributed by atoms with van der Waals surface area (Å²) in [6.07, 6.45) is -0.264. The standard InChI is InChI=1S/C24H18N2O/c27-24-21-12-6-7-13-22(21)25-23(26(24)20-10-2-1-3-11-20)19-15-14-17-8-4-5-9-18(17)16-19/h1-16,23,25H. The molecule has 0 fully saturated rings. The summed E-state index contributed by atoms with van der Waals surface area (Å²) < 4.78 is 0. The Morgan fingerprint density at radius 1 is 0.704 bits per heavy atom. The average Bonchev–Trinajstić information content (AvgIpc) is 2.74. The SMILES string of the molecule is O=C1c2ccccc2NC(c2ccc3ccccc3c2)N1c1ccccc1. The molecule has 0 spiro atoms. The molecule has 1 aliphatic heterocycles. The summed E-state index contributed by atoms with van der Waals surface area (Å²) >= 11 is 0. The Balaban J connectivity index is 1.68. The first-order valence-corrected chi connectivity index (χ1v) is 9.04. The number of rotatable bonds is 2. The van der Waals surface area contributed by atoms with Gasteiger partial charge in [0, 0.05) is 11.4 Å². The van der Waals surface area contributed by atoms with Crippen LogP contribution in [0.3, 0.4) is 0 Å². The van der Waals surface area contributed by atoms with Crippen molar-refractivity contribution in [1.82, 2.24) is 0 Å². The molecular weight excluding hydrogens is 332 g/mol. The van der Waals surface area contributed by atoms with E-state index >= 15 is 0 Å². The molecule has 130 valence electrons. The number of nitrogens with one attached hydrogen (secondary N) is 1. The average molecular weight is 350 g/mol. The number of carbonyl (C=O) groups is 1. The van der Waals surface area contributed by atoms with Crippen molar-refractivity contribution >= 4 is 28.1 Å². The molecule has 3 nitrogen and oxygen atoms in total. The van der Waals surface area contributed by atoms with Crippen LogP contribution in [0.1, 0.15) is 22.1 Å². The number of benzene rings is 4. The molecule has 1 unspecified atom stereocenters. The predicted octanol–water partition coefficient (Wildman–Crippen LogP) is 5.61. The molecule has 0 radical (unpaired) electrons. The van der Waals surface area contributed by atoms with Crippen LogP contribution in [-0.2, 0) is 0 Å². The molecule has 3 heteroatoms. The van der Waals surface area contributed by atoms with Crippen molar-refractivity contribution < 1.29 is 4.79 Å². The fourth-order valence-electron chi connectivity index (χ4n) is 3.72. The van der Waals surface area contributed by atoms with Crippen LogP contribution in [0.5, 0.6) is 0 Å². The van der Waals surface area contributed by atoms with Crippen molar-refractivity contribution in [2.75, 3.05) is 10.2 Å². The molecule has 0 bridgehead atoms. The van der Waals surface area contributed by atoms with Crippen LogP contribution in [0.15, 0.2) is 97.1 Å². The van der Waals surface area contributed by atoms with Gasteiger partial charge in [0.25, 0.3) is 5.91 Å². The van der Waals surface area contributed by atoms with Gasteiger partial charge in [-0.05, 0) is 46.7 Å². The fraction of sp³-hybridized carbons (Fsp3) is 0.0417. The molecule has 1 N–H and O–H groups in total. The van der Waals surface area contributed by atoms with E-state index < -0.39 is 0 Å². The second-order valence-corrected chi connectivity index (χ2v) is 6.71. The van der Waals surface area contributed by atoms with E-state index in [-0.39, 0.29) is 12.1 Å². The molecule has 1 heterocycles. The lowest BCUT2D eigenvalue weighted by molar-refractivity contribution is 0.0975. The van der Waals surface area contributed by atoms with Crippen molar-refractivity contribution in [1.29, 1.82) is 0 Å². The molecule has 4 aromatic carbocycles. The number of hydrogen-bond acceptors (Lipinski definition) is 2. The quantitative estimate of drug-likeness (QED) is 0.509. The summed E-state index contributed by atoms with van der Waals surface area (Å²) in [5.41, 5.74) is 3.49. The van der Waals surface area contributed by atoms with Crippen LogP contribution >= 0.6 is 0 Å². The monoisotopic (exact) mass is 350 g/mol.